The lowest BCUT2D eigenvalue weighted by atomic mass is 10.1. The van der Waals surface area contributed by atoms with E-state index in [0.717, 1.165) is 13.2 Å². The summed E-state index contributed by atoms with van der Waals surface area (Å²) in [6.45, 7) is 9.17. The average molecular weight is 296 g/mol. The van der Waals surface area contributed by atoms with Gasteiger partial charge >= 0.3 is 0 Å². The first kappa shape index (κ1) is 15.5. The monoisotopic (exact) mass is 296 g/mol. The molecule has 112 valence electrons. The minimum Gasteiger partial charge on any atom is -0.378 e. The van der Waals surface area contributed by atoms with Crippen molar-refractivity contribution < 1.29 is 9.53 Å². The van der Waals surface area contributed by atoms with Crippen molar-refractivity contribution in [1.29, 1.82) is 0 Å². The molecule has 1 saturated heterocycles. The zero-order valence-corrected chi connectivity index (χ0v) is 13.3. The number of aryl methyl sites for hydroxylation is 1. The Kier molecular flexibility index (Phi) is 5.57. The second-order valence-corrected chi connectivity index (χ2v) is 6.93. The largest absolute Gasteiger partial charge is 0.378 e. The molecule has 1 fully saturated rings. The van der Waals surface area contributed by atoms with Gasteiger partial charge in [0.25, 0.3) is 0 Å². The highest BCUT2D eigenvalue weighted by atomic mass is 32.1. The molecule has 1 aromatic heterocycles. The molecule has 5 heteroatoms. The Morgan fingerprint density at radius 3 is 2.90 bits per heavy atom. The minimum atomic E-state index is 0.155. The van der Waals surface area contributed by atoms with Crippen LogP contribution in [0.3, 0.4) is 0 Å². The molecular formula is C15H24N2O2S. The first-order valence-electron chi connectivity index (χ1n) is 7.22. The van der Waals surface area contributed by atoms with Gasteiger partial charge in [0.05, 0.1) is 19.8 Å². The summed E-state index contributed by atoms with van der Waals surface area (Å²) in [5.74, 6) is 0.203. The first-order chi connectivity index (χ1) is 9.56. The Hall–Kier alpha value is -0.910. The second kappa shape index (κ2) is 7.20. The lowest BCUT2D eigenvalue weighted by Gasteiger charge is -2.30. The minimum absolute atomic E-state index is 0.155. The molecule has 0 saturated carbocycles. The van der Waals surface area contributed by atoms with Crippen LogP contribution in [0.5, 0.6) is 0 Å². The number of thiophene rings is 1. The van der Waals surface area contributed by atoms with Crippen molar-refractivity contribution in [2.75, 3.05) is 19.8 Å². The Morgan fingerprint density at radius 1 is 1.55 bits per heavy atom. The molecule has 1 N–H and O–H groups in total. The number of rotatable bonds is 5. The van der Waals surface area contributed by atoms with Gasteiger partial charge in [-0.15, -0.1) is 11.3 Å². The highest BCUT2D eigenvalue weighted by Gasteiger charge is 2.23. The van der Waals surface area contributed by atoms with Crippen molar-refractivity contribution in [3.63, 3.8) is 0 Å². The molecule has 0 aliphatic carbocycles. The van der Waals surface area contributed by atoms with Crippen LogP contribution >= 0.6 is 11.3 Å². The van der Waals surface area contributed by atoms with Crippen LogP contribution in [0, 0.1) is 6.92 Å². The third kappa shape index (κ3) is 4.30. The van der Waals surface area contributed by atoms with Crippen molar-refractivity contribution >= 4 is 17.2 Å². The number of amides is 1. The normalized spacial score (nSPS) is 19.3. The number of ether oxygens (including phenoxy) is 1. The van der Waals surface area contributed by atoms with Crippen LogP contribution in [0.15, 0.2) is 12.1 Å². The Balaban J connectivity index is 1.94. The van der Waals surface area contributed by atoms with Crippen LogP contribution in [0.25, 0.3) is 0 Å². The number of carbonyl (C=O) groups excluding carboxylic acids is 1. The van der Waals surface area contributed by atoms with Crippen molar-refractivity contribution in [3.8, 4) is 0 Å². The smallest absolute Gasteiger partial charge is 0.224 e. The van der Waals surface area contributed by atoms with E-state index in [1.54, 1.807) is 11.3 Å². The molecule has 1 amide bonds. The van der Waals surface area contributed by atoms with Gasteiger partial charge in [0, 0.05) is 34.8 Å². The number of morpholine rings is 1. The number of nitrogens with zero attached hydrogens (tertiary/aromatic N) is 1. The predicted molar refractivity (Wildman–Crippen MR) is 82.0 cm³/mol. The van der Waals surface area contributed by atoms with E-state index in [9.17, 15) is 4.79 Å². The second-order valence-electron chi connectivity index (χ2n) is 5.56. The molecule has 2 heterocycles. The standard InChI is InChI=1S/C15H24N2O2S/c1-11(2)17(9-14-5-4-12(3)20-14)15(18)8-13-10-19-7-6-16-13/h4-5,11,13,16H,6-10H2,1-3H3. The summed E-state index contributed by atoms with van der Waals surface area (Å²) in [5.41, 5.74) is 0. The molecule has 0 bridgehead atoms. The maximum Gasteiger partial charge on any atom is 0.224 e. The summed E-state index contributed by atoms with van der Waals surface area (Å²) in [6, 6.07) is 4.60. The molecule has 0 radical (unpaired) electrons. The van der Waals surface area contributed by atoms with Crippen molar-refractivity contribution in [2.24, 2.45) is 0 Å². The molecule has 4 nitrogen and oxygen atoms in total. The third-order valence-electron chi connectivity index (χ3n) is 3.49. The summed E-state index contributed by atoms with van der Waals surface area (Å²) in [4.78, 5) is 17.0. The number of nitrogens with one attached hydrogen (secondary N) is 1. The number of carbonyl (C=O) groups is 1. The fourth-order valence-electron chi connectivity index (χ4n) is 2.38. The Morgan fingerprint density at radius 2 is 2.35 bits per heavy atom. The predicted octanol–water partition coefficient (Wildman–Crippen LogP) is 2.17. The zero-order chi connectivity index (χ0) is 14.5. The first-order valence-corrected chi connectivity index (χ1v) is 8.04. The van der Waals surface area contributed by atoms with E-state index in [1.807, 2.05) is 4.90 Å². The molecule has 2 rings (SSSR count). The number of hydrogen-bond donors (Lipinski definition) is 1. The van der Waals surface area contributed by atoms with E-state index in [1.165, 1.54) is 9.75 Å². The van der Waals surface area contributed by atoms with Gasteiger partial charge in [-0.1, -0.05) is 0 Å². The molecule has 20 heavy (non-hydrogen) atoms. The van der Waals surface area contributed by atoms with Crippen LogP contribution in [0.4, 0.5) is 0 Å². The van der Waals surface area contributed by atoms with Gasteiger partial charge < -0.3 is 15.0 Å². The summed E-state index contributed by atoms with van der Waals surface area (Å²) >= 11 is 1.76. The molecule has 1 aliphatic rings. The van der Waals surface area contributed by atoms with Crippen molar-refractivity contribution in [1.82, 2.24) is 10.2 Å². The van der Waals surface area contributed by atoms with Gasteiger partial charge in [-0.3, -0.25) is 4.79 Å². The topological polar surface area (TPSA) is 41.6 Å². The highest BCUT2D eigenvalue weighted by molar-refractivity contribution is 7.11. The van der Waals surface area contributed by atoms with Gasteiger partial charge in [0.2, 0.25) is 5.91 Å². The van der Waals surface area contributed by atoms with Crippen LogP contribution in [0.1, 0.15) is 30.0 Å². The summed E-state index contributed by atoms with van der Waals surface area (Å²) < 4.78 is 5.41. The van der Waals surface area contributed by atoms with E-state index < -0.39 is 0 Å². The zero-order valence-electron chi connectivity index (χ0n) is 12.5. The third-order valence-corrected chi connectivity index (χ3v) is 4.47. The van der Waals surface area contributed by atoms with E-state index in [0.29, 0.717) is 19.6 Å². The molecule has 0 aromatic carbocycles. The van der Waals surface area contributed by atoms with Gasteiger partial charge in [0.15, 0.2) is 0 Å². The summed E-state index contributed by atoms with van der Waals surface area (Å²) in [7, 11) is 0. The van der Waals surface area contributed by atoms with E-state index in [-0.39, 0.29) is 18.0 Å². The van der Waals surface area contributed by atoms with Gasteiger partial charge in [-0.25, -0.2) is 0 Å². The van der Waals surface area contributed by atoms with Crippen LogP contribution in [-0.2, 0) is 16.1 Å². The summed E-state index contributed by atoms with van der Waals surface area (Å²) in [6.07, 6.45) is 0.516. The molecule has 1 aromatic rings. The van der Waals surface area contributed by atoms with Crippen molar-refractivity contribution in [3.05, 3.63) is 21.9 Å². The Labute approximate surface area is 125 Å². The molecule has 1 aliphatic heterocycles. The Bertz CT molecular complexity index is 439. The van der Waals surface area contributed by atoms with E-state index in [4.69, 9.17) is 4.74 Å². The number of hydrogen-bond acceptors (Lipinski definition) is 4. The molecule has 0 spiro atoms. The van der Waals surface area contributed by atoms with E-state index in [2.05, 4.69) is 38.2 Å². The SMILES string of the molecule is Cc1ccc(CN(C(=O)CC2COCCN2)C(C)C)s1. The van der Waals surface area contributed by atoms with Gasteiger partial charge in [-0.05, 0) is 32.9 Å². The highest BCUT2D eigenvalue weighted by Crippen LogP contribution is 2.19. The summed E-state index contributed by atoms with van der Waals surface area (Å²) in [5, 5.41) is 3.34. The van der Waals surface area contributed by atoms with Crippen LogP contribution < -0.4 is 5.32 Å². The van der Waals surface area contributed by atoms with E-state index >= 15 is 0 Å². The molecular weight excluding hydrogens is 272 g/mol. The van der Waals surface area contributed by atoms with Crippen LogP contribution in [0.2, 0.25) is 0 Å². The van der Waals surface area contributed by atoms with Gasteiger partial charge in [-0.2, -0.15) is 0 Å². The quantitative estimate of drug-likeness (QED) is 0.905. The van der Waals surface area contributed by atoms with Crippen LogP contribution in [-0.4, -0.2) is 42.6 Å². The molecule has 1 unspecified atom stereocenters. The fourth-order valence-corrected chi connectivity index (χ4v) is 3.26. The molecule has 1 atom stereocenters. The fraction of sp³-hybridized carbons (Fsp3) is 0.667. The van der Waals surface area contributed by atoms with Gasteiger partial charge in [0.1, 0.15) is 0 Å². The maximum atomic E-state index is 12.5. The van der Waals surface area contributed by atoms with Crippen molar-refractivity contribution in [2.45, 2.75) is 45.8 Å². The lowest BCUT2D eigenvalue weighted by molar-refractivity contribution is -0.134. The maximum absolute atomic E-state index is 12.5. The lowest BCUT2D eigenvalue weighted by Crippen LogP contribution is -2.46. The average Bonchev–Trinajstić information content (AvgIpc) is 2.82.